The molecule has 0 bridgehead atoms. The van der Waals surface area contributed by atoms with Crippen LogP contribution in [0.15, 0.2) is 42.5 Å². The van der Waals surface area contributed by atoms with E-state index >= 15 is 0 Å². The fourth-order valence-electron chi connectivity index (χ4n) is 2.27. The van der Waals surface area contributed by atoms with Gasteiger partial charge in [-0.05, 0) is 36.8 Å². The van der Waals surface area contributed by atoms with Crippen LogP contribution in [0.2, 0.25) is 0 Å². The molecule has 0 fully saturated rings. The first-order chi connectivity index (χ1) is 13.2. The Hall–Kier alpha value is -3.23. The van der Waals surface area contributed by atoms with Crippen LogP contribution < -0.4 is 20.5 Å². The van der Waals surface area contributed by atoms with Gasteiger partial charge in [0.1, 0.15) is 11.5 Å². The normalized spacial score (nSPS) is 11.0. The highest BCUT2D eigenvalue weighted by molar-refractivity contribution is 5.96. The molecule has 0 saturated carbocycles. The fraction of sp³-hybridized carbons (Fsp3) is 0.263. The average molecular weight is 396 g/mol. The molecule has 2 rings (SSSR count). The minimum Gasteiger partial charge on any atom is -0.491 e. The number of rotatable bonds is 8. The first kappa shape index (κ1) is 21.1. The summed E-state index contributed by atoms with van der Waals surface area (Å²) in [6, 6.07) is 8.86. The molecule has 28 heavy (non-hydrogen) atoms. The van der Waals surface area contributed by atoms with Gasteiger partial charge in [-0.1, -0.05) is 19.1 Å². The van der Waals surface area contributed by atoms with Crippen molar-refractivity contribution in [2.24, 2.45) is 5.73 Å². The molecule has 0 heterocycles. The molecule has 0 aliphatic carbocycles. The van der Waals surface area contributed by atoms with Crippen LogP contribution in [-0.2, 0) is 11.0 Å². The Labute approximate surface area is 159 Å². The SMILES string of the molecule is CCCOc1ccc(C(F)(F)F)cc1NC(=O)COc1ccccc1C(N)=O. The lowest BCUT2D eigenvalue weighted by Crippen LogP contribution is -2.22. The van der Waals surface area contributed by atoms with Crippen LogP contribution in [0.4, 0.5) is 18.9 Å². The summed E-state index contributed by atoms with van der Waals surface area (Å²) >= 11 is 0. The lowest BCUT2D eigenvalue weighted by molar-refractivity contribution is -0.137. The van der Waals surface area contributed by atoms with Crippen molar-refractivity contribution in [1.29, 1.82) is 0 Å². The summed E-state index contributed by atoms with van der Waals surface area (Å²) < 4.78 is 49.5. The number of benzene rings is 2. The van der Waals surface area contributed by atoms with Gasteiger partial charge in [0.15, 0.2) is 6.61 Å². The highest BCUT2D eigenvalue weighted by Gasteiger charge is 2.31. The van der Waals surface area contributed by atoms with E-state index in [4.69, 9.17) is 15.2 Å². The Morgan fingerprint density at radius 2 is 1.79 bits per heavy atom. The summed E-state index contributed by atoms with van der Waals surface area (Å²) in [6.45, 7) is 1.58. The maximum absolute atomic E-state index is 13.0. The summed E-state index contributed by atoms with van der Waals surface area (Å²) in [5.74, 6) is -1.25. The third-order valence-electron chi connectivity index (χ3n) is 3.55. The van der Waals surface area contributed by atoms with E-state index in [1.54, 1.807) is 12.1 Å². The standard InChI is InChI=1S/C19H19F3N2O4/c1-2-9-27-16-8-7-12(19(20,21)22)10-14(16)24-17(25)11-28-15-6-4-3-5-13(15)18(23)26/h3-8,10H,2,9,11H2,1H3,(H2,23,26)(H,24,25). The minimum atomic E-state index is -4.57. The number of carbonyl (C=O) groups is 2. The van der Waals surface area contributed by atoms with E-state index < -0.39 is 30.2 Å². The molecule has 0 radical (unpaired) electrons. The molecule has 0 unspecified atom stereocenters. The Morgan fingerprint density at radius 1 is 1.07 bits per heavy atom. The summed E-state index contributed by atoms with van der Waals surface area (Å²) in [6.07, 6.45) is -3.93. The van der Waals surface area contributed by atoms with Crippen LogP contribution >= 0.6 is 0 Å². The van der Waals surface area contributed by atoms with Crippen LogP contribution in [0.25, 0.3) is 0 Å². The lowest BCUT2D eigenvalue weighted by Gasteiger charge is -2.15. The lowest BCUT2D eigenvalue weighted by atomic mass is 10.1. The number of para-hydroxylation sites is 1. The molecule has 0 atom stereocenters. The zero-order valence-electron chi connectivity index (χ0n) is 15.0. The zero-order chi connectivity index (χ0) is 20.7. The predicted molar refractivity (Wildman–Crippen MR) is 96.3 cm³/mol. The predicted octanol–water partition coefficient (Wildman–Crippen LogP) is 3.61. The molecule has 0 spiro atoms. The number of hydrogen-bond acceptors (Lipinski definition) is 4. The number of amides is 2. The molecule has 2 aromatic rings. The number of halogens is 3. The zero-order valence-corrected chi connectivity index (χ0v) is 15.0. The van der Waals surface area contributed by atoms with E-state index in [2.05, 4.69) is 5.32 Å². The molecular weight excluding hydrogens is 377 g/mol. The van der Waals surface area contributed by atoms with Crippen molar-refractivity contribution in [2.75, 3.05) is 18.5 Å². The number of carbonyl (C=O) groups excluding carboxylic acids is 2. The summed E-state index contributed by atoms with van der Waals surface area (Å²) in [4.78, 5) is 23.5. The molecule has 9 heteroatoms. The van der Waals surface area contributed by atoms with Gasteiger partial charge < -0.3 is 20.5 Å². The number of primary amides is 1. The second-order valence-electron chi connectivity index (χ2n) is 5.75. The third-order valence-corrected chi connectivity index (χ3v) is 3.55. The Balaban J connectivity index is 2.14. The first-order valence-corrected chi connectivity index (χ1v) is 8.38. The van der Waals surface area contributed by atoms with Crippen molar-refractivity contribution in [1.82, 2.24) is 0 Å². The minimum absolute atomic E-state index is 0.0846. The fourth-order valence-corrected chi connectivity index (χ4v) is 2.27. The average Bonchev–Trinajstić information content (AvgIpc) is 2.64. The van der Waals surface area contributed by atoms with Crippen LogP contribution in [0.5, 0.6) is 11.5 Å². The van der Waals surface area contributed by atoms with Crippen molar-refractivity contribution in [3.63, 3.8) is 0 Å². The molecule has 2 aromatic carbocycles. The molecule has 0 aromatic heterocycles. The van der Waals surface area contributed by atoms with Gasteiger partial charge in [0, 0.05) is 0 Å². The first-order valence-electron chi connectivity index (χ1n) is 8.38. The second kappa shape index (κ2) is 9.12. The van der Waals surface area contributed by atoms with Crippen LogP contribution in [0, 0.1) is 0 Å². The van der Waals surface area contributed by atoms with Crippen LogP contribution in [0.3, 0.4) is 0 Å². The highest BCUT2D eigenvalue weighted by Crippen LogP contribution is 2.35. The van der Waals surface area contributed by atoms with Crippen molar-refractivity contribution < 1.29 is 32.2 Å². The molecule has 0 saturated heterocycles. The van der Waals surface area contributed by atoms with E-state index in [-0.39, 0.29) is 29.4 Å². The highest BCUT2D eigenvalue weighted by atomic mass is 19.4. The molecule has 6 nitrogen and oxygen atoms in total. The third kappa shape index (κ3) is 5.63. The maximum Gasteiger partial charge on any atom is 0.416 e. The van der Waals surface area contributed by atoms with Gasteiger partial charge >= 0.3 is 6.18 Å². The van der Waals surface area contributed by atoms with Crippen LogP contribution in [0.1, 0.15) is 29.3 Å². The van der Waals surface area contributed by atoms with Crippen molar-refractivity contribution in [3.05, 3.63) is 53.6 Å². The quantitative estimate of drug-likeness (QED) is 0.713. The molecule has 150 valence electrons. The van der Waals surface area contributed by atoms with Gasteiger partial charge in [-0.25, -0.2) is 0 Å². The molecule has 2 amide bonds. The Kier molecular flexibility index (Phi) is 6.86. The Bertz CT molecular complexity index is 853. The number of hydrogen-bond donors (Lipinski definition) is 2. The Morgan fingerprint density at radius 3 is 2.43 bits per heavy atom. The van der Waals surface area contributed by atoms with Gasteiger partial charge in [-0.2, -0.15) is 13.2 Å². The number of alkyl halides is 3. The number of ether oxygens (including phenoxy) is 2. The molecule has 3 N–H and O–H groups in total. The summed E-state index contributed by atoms with van der Waals surface area (Å²) in [7, 11) is 0. The number of nitrogens with one attached hydrogen (secondary N) is 1. The monoisotopic (exact) mass is 396 g/mol. The maximum atomic E-state index is 13.0. The van der Waals surface area contributed by atoms with E-state index in [0.717, 1.165) is 18.2 Å². The molecule has 0 aliphatic heterocycles. The van der Waals surface area contributed by atoms with Crippen molar-refractivity contribution >= 4 is 17.5 Å². The van der Waals surface area contributed by atoms with Crippen molar-refractivity contribution in [3.8, 4) is 11.5 Å². The molecular formula is C19H19F3N2O4. The van der Waals surface area contributed by atoms with E-state index in [9.17, 15) is 22.8 Å². The molecule has 0 aliphatic rings. The summed E-state index contributed by atoms with van der Waals surface area (Å²) in [5, 5.41) is 2.35. The van der Waals surface area contributed by atoms with Gasteiger partial charge in [-0.3, -0.25) is 9.59 Å². The smallest absolute Gasteiger partial charge is 0.416 e. The van der Waals surface area contributed by atoms with Gasteiger partial charge in [0.05, 0.1) is 23.4 Å². The largest absolute Gasteiger partial charge is 0.491 e. The number of nitrogens with two attached hydrogens (primary N) is 1. The van der Waals surface area contributed by atoms with E-state index in [1.165, 1.54) is 12.1 Å². The van der Waals surface area contributed by atoms with E-state index in [0.29, 0.717) is 6.42 Å². The van der Waals surface area contributed by atoms with Gasteiger partial charge in [-0.15, -0.1) is 0 Å². The summed E-state index contributed by atoms with van der Waals surface area (Å²) in [5.41, 5.74) is 4.26. The second-order valence-corrected chi connectivity index (χ2v) is 5.75. The van der Waals surface area contributed by atoms with Crippen molar-refractivity contribution in [2.45, 2.75) is 19.5 Å². The van der Waals surface area contributed by atoms with Gasteiger partial charge in [0.2, 0.25) is 0 Å². The van der Waals surface area contributed by atoms with Crippen LogP contribution in [-0.4, -0.2) is 25.0 Å². The van der Waals surface area contributed by atoms with Gasteiger partial charge in [0.25, 0.3) is 11.8 Å². The number of anilines is 1. The topological polar surface area (TPSA) is 90.7 Å². The van der Waals surface area contributed by atoms with E-state index in [1.807, 2.05) is 6.92 Å².